The summed E-state index contributed by atoms with van der Waals surface area (Å²) >= 11 is 0. The number of phenolic OH excluding ortho intramolecular Hbond substituents is 2. The molecule has 1 aromatic rings. The second-order valence-corrected chi connectivity index (χ2v) is 2.21. The molecular weight excluding hydrogens is 140 g/mol. The first-order chi connectivity index (χ1) is 7.12. The smallest absolute Gasteiger partial charge is 0.119 e. The zero-order chi connectivity index (χ0) is 12.6. The zero-order valence-corrected chi connectivity index (χ0v) is 5.83. The molecule has 0 atom stereocenters. The first-order valence-corrected chi connectivity index (χ1v) is 3.14. The molecule has 2 nitrogen and oxygen atoms in total. The summed E-state index contributed by atoms with van der Waals surface area (Å²) in [7, 11) is 0. The molecule has 0 aliphatic rings. The molecule has 0 aromatic heterocycles. The van der Waals surface area contributed by atoms with Crippen molar-refractivity contribution in [2.45, 2.75) is 19.6 Å². The maximum atomic E-state index is 9.17. The van der Waals surface area contributed by atoms with Gasteiger partial charge in [0.2, 0.25) is 0 Å². The van der Waals surface area contributed by atoms with Gasteiger partial charge in [0.25, 0.3) is 0 Å². The van der Waals surface area contributed by atoms with Crippen LogP contribution in [0, 0.1) is 0 Å². The molecule has 11 heavy (non-hydrogen) atoms. The Morgan fingerprint density at radius 2 is 2.00 bits per heavy atom. The SMILES string of the molecule is [2H]C([2H])([2H])C([2H])([2H])Cc1cc(O)cc(O)c1. The number of rotatable bonds is 2. The van der Waals surface area contributed by atoms with Crippen LogP contribution in [0.25, 0.3) is 0 Å². The fraction of sp³-hybridized carbons (Fsp3) is 0.333. The Bertz CT molecular complexity index is 366. The van der Waals surface area contributed by atoms with E-state index in [0.29, 0.717) is 0 Å². The van der Waals surface area contributed by atoms with Crippen molar-refractivity contribution in [3.63, 3.8) is 0 Å². The van der Waals surface area contributed by atoms with Gasteiger partial charge < -0.3 is 10.2 Å². The van der Waals surface area contributed by atoms with Gasteiger partial charge in [-0.2, -0.15) is 0 Å². The van der Waals surface area contributed by atoms with E-state index in [4.69, 9.17) is 6.85 Å². The van der Waals surface area contributed by atoms with Gasteiger partial charge in [0, 0.05) is 12.9 Å². The van der Waals surface area contributed by atoms with Crippen LogP contribution in [0.3, 0.4) is 0 Å². The van der Waals surface area contributed by atoms with Crippen molar-refractivity contribution >= 4 is 0 Å². The topological polar surface area (TPSA) is 40.5 Å². The highest BCUT2D eigenvalue weighted by Crippen LogP contribution is 2.20. The lowest BCUT2D eigenvalue weighted by Crippen LogP contribution is -1.81. The Morgan fingerprint density at radius 3 is 2.55 bits per heavy atom. The minimum absolute atomic E-state index is 0.226. The summed E-state index contributed by atoms with van der Waals surface area (Å²) in [6.07, 6.45) is -2.79. The van der Waals surface area contributed by atoms with Gasteiger partial charge in [0.05, 0.1) is 0 Å². The highest BCUT2D eigenvalue weighted by Gasteiger charge is 1.96. The molecule has 0 unspecified atom stereocenters. The number of aryl methyl sites for hydroxylation is 1. The zero-order valence-electron chi connectivity index (χ0n) is 10.8. The van der Waals surface area contributed by atoms with E-state index in [1.54, 1.807) is 0 Å². The number of phenols is 2. The quantitative estimate of drug-likeness (QED) is 0.689. The van der Waals surface area contributed by atoms with E-state index in [-0.39, 0.29) is 17.1 Å². The average Bonchev–Trinajstić information content (AvgIpc) is 1.97. The minimum Gasteiger partial charge on any atom is -0.508 e. The summed E-state index contributed by atoms with van der Waals surface area (Å²) in [4.78, 5) is 0. The molecule has 0 aliphatic carbocycles. The van der Waals surface area contributed by atoms with Gasteiger partial charge in [-0.05, 0) is 24.1 Å². The minimum atomic E-state index is -2.74. The van der Waals surface area contributed by atoms with E-state index < -0.39 is 19.6 Å². The Kier molecular flexibility index (Phi) is 1.04. The number of hydrogen-bond donors (Lipinski definition) is 2. The van der Waals surface area contributed by atoms with Crippen LogP contribution in [-0.4, -0.2) is 10.2 Å². The lowest BCUT2D eigenvalue weighted by atomic mass is 10.1. The Morgan fingerprint density at radius 1 is 1.36 bits per heavy atom. The third-order valence-corrected chi connectivity index (χ3v) is 1.25. The molecule has 60 valence electrons. The Balaban J connectivity index is 2.96. The number of aromatic hydroxyl groups is 2. The summed E-state index contributed by atoms with van der Waals surface area (Å²) in [6.45, 7) is -2.74. The average molecular weight is 157 g/mol. The van der Waals surface area contributed by atoms with Gasteiger partial charge in [0.1, 0.15) is 11.5 Å². The second-order valence-electron chi connectivity index (χ2n) is 2.21. The van der Waals surface area contributed by atoms with Crippen LogP contribution >= 0.6 is 0 Å². The van der Waals surface area contributed by atoms with Crippen molar-refractivity contribution < 1.29 is 17.1 Å². The lowest BCUT2D eigenvalue weighted by Gasteiger charge is -2.00. The summed E-state index contributed by atoms with van der Waals surface area (Å²) in [5, 5.41) is 18.3. The predicted molar refractivity (Wildman–Crippen MR) is 43.8 cm³/mol. The van der Waals surface area contributed by atoms with Gasteiger partial charge in [-0.1, -0.05) is 13.2 Å². The van der Waals surface area contributed by atoms with Crippen molar-refractivity contribution in [3.8, 4) is 11.5 Å². The molecule has 0 fully saturated rings. The normalized spacial score (nSPS) is 19.1. The van der Waals surface area contributed by atoms with Gasteiger partial charge in [-0.15, -0.1) is 0 Å². The highest BCUT2D eigenvalue weighted by atomic mass is 16.3. The summed E-state index contributed by atoms with van der Waals surface area (Å²) < 4.78 is 35.9. The standard InChI is InChI=1S/C9H12O2/c1-2-3-7-4-8(10)6-9(11)5-7/h4-6,10-11H,2-3H2,1H3/i1D3,2D2. The number of hydrogen-bond acceptors (Lipinski definition) is 2. The molecular formula is C9H12O2. The number of benzene rings is 1. The maximum Gasteiger partial charge on any atom is 0.119 e. The van der Waals surface area contributed by atoms with Crippen molar-refractivity contribution in [3.05, 3.63) is 23.8 Å². The fourth-order valence-corrected chi connectivity index (χ4v) is 0.861. The largest absolute Gasteiger partial charge is 0.508 e. The van der Waals surface area contributed by atoms with E-state index in [0.717, 1.165) is 6.07 Å². The van der Waals surface area contributed by atoms with Crippen LogP contribution in [0.4, 0.5) is 0 Å². The maximum absolute atomic E-state index is 9.17. The van der Waals surface area contributed by atoms with Crippen LogP contribution in [0.2, 0.25) is 0 Å². The van der Waals surface area contributed by atoms with Crippen LogP contribution in [0.5, 0.6) is 11.5 Å². The Labute approximate surface area is 73.1 Å². The second kappa shape index (κ2) is 3.28. The van der Waals surface area contributed by atoms with E-state index >= 15 is 0 Å². The van der Waals surface area contributed by atoms with Crippen molar-refractivity contribution in [1.82, 2.24) is 0 Å². The molecule has 0 amide bonds. The molecule has 0 heterocycles. The first-order valence-electron chi connectivity index (χ1n) is 5.64. The molecule has 0 saturated heterocycles. The summed E-state index contributed by atoms with van der Waals surface area (Å²) in [5.74, 6) is -0.451. The van der Waals surface area contributed by atoms with Crippen molar-refractivity contribution in [2.24, 2.45) is 0 Å². The lowest BCUT2D eigenvalue weighted by molar-refractivity contribution is 0.449. The molecule has 0 bridgehead atoms. The molecule has 0 saturated carbocycles. The van der Waals surface area contributed by atoms with Gasteiger partial charge in [-0.3, -0.25) is 0 Å². The van der Waals surface area contributed by atoms with E-state index in [2.05, 4.69) is 0 Å². The third-order valence-electron chi connectivity index (χ3n) is 1.25. The van der Waals surface area contributed by atoms with Crippen LogP contribution in [0.1, 0.15) is 25.6 Å². The predicted octanol–water partition coefficient (Wildman–Crippen LogP) is 2.05. The van der Waals surface area contributed by atoms with Crippen LogP contribution in [-0.2, 0) is 6.42 Å². The first kappa shape index (κ1) is 3.48. The Hall–Kier alpha value is -1.18. The van der Waals surface area contributed by atoms with Crippen molar-refractivity contribution in [2.75, 3.05) is 0 Å². The van der Waals surface area contributed by atoms with Crippen LogP contribution in [0.15, 0.2) is 18.2 Å². The molecule has 2 N–H and O–H groups in total. The molecule has 1 aromatic carbocycles. The summed E-state index contributed by atoms with van der Waals surface area (Å²) in [5.41, 5.74) is 0.235. The molecule has 2 heteroatoms. The van der Waals surface area contributed by atoms with Gasteiger partial charge in [0.15, 0.2) is 0 Å². The molecule has 1 rings (SSSR count). The van der Waals surface area contributed by atoms with Gasteiger partial charge in [-0.25, -0.2) is 0 Å². The molecule has 0 radical (unpaired) electrons. The molecule has 0 spiro atoms. The third kappa shape index (κ3) is 2.15. The van der Waals surface area contributed by atoms with E-state index in [1.807, 2.05) is 0 Å². The van der Waals surface area contributed by atoms with E-state index in [9.17, 15) is 10.2 Å². The highest BCUT2D eigenvalue weighted by molar-refractivity contribution is 5.36. The van der Waals surface area contributed by atoms with Gasteiger partial charge >= 0.3 is 0 Å². The van der Waals surface area contributed by atoms with Crippen molar-refractivity contribution in [1.29, 1.82) is 0 Å². The molecule has 0 aliphatic heterocycles. The monoisotopic (exact) mass is 157 g/mol. The van der Waals surface area contributed by atoms with Crippen LogP contribution < -0.4 is 0 Å². The fourth-order valence-electron chi connectivity index (χ4n) is 0.861. The van der Waals surface area contributed by atoms with E-state index in [1.165, 1.54) is 12.1 Å². The summed E-state index contributed by atoms with van der Waals surface area (Å²) in [6, 6.07) is 3.54.